The first-order valence-corrected chi connectivity index (χ1v) is 38.7. The van der Waals surface area contributed by atoms with Gasteiger partial charge >= 0.3 is 47.8 Å². The predicted octanol–water partition coefficient (Wildman–Crippen LogP) is 18.3. The Morgan fingerprint density at radius 3 is 0.953 bits per heavy atom. The van der Waals surface area contributed by atoms with E-state index in [0.717, 1.165) is 17.2 Å². The van der Waals surface area contributed by atoms with E-state index in [1.54, 1.807) is 269 Å². The molecule has 0 saturated heterocycles. The summed E-state index contributed by atoms with van der Waals surface area (Å²) in [4.78, 5) is 162. The number of amides is 2. The molecule has 0 bridgehead atoms. The fraction of sp³-hybridized carbons (Fsp3) is 0.0600. The summed E-state index contributed by atoms with van der Waals surface area (Å²) in [6.07, 6.45) is 9.82. The van der Waals surface area contributed by atoms with Gasteiger partial charge in [0.05, 0.1) is 44.8 Å². The number of ether oxygens (including phenoxy) is 5. The Morgan fingerprint density at radius 1 is 0.318 bits per heavy atom. The SMILES string of the molecule is CCOC(=O)/C=C/c1cccc(N)c1.CCOC(=O)/C=C/c1cccc(NC(=O)c2ccc(C(=O)c3ccccc3)o2)c1.COC(=O)c1ccc(C(=O)c2ccccc2)o1.COC(=O)c1ccco1.O=C(O)/C=C/c1cccc(NC(=O)c2ccc(C(=O)c3ccccc3)o2)c1.O=C(O)c1ccc(C(=O)c2ccccc2)o1.O=C(OC(=O)c1ccccc1)c1ccccc1. The van der Waals surface area contributed by atoms with Crippen molar-refractivity contribution in [3.8, 4) is 0 Å². The van der Waals surface area contributed by atoms with Crippen molar-refractivity contribution in [2.75, 3.05) is 43.8 Å². The summed E-state index contributed by atoms with van der Waals surface area (Å²) >= 11 is 0. The first-order valence-electron chi connectivity index (χ1n) is 38.7. The predicted molar refractivity (Wildman–Crippen MR) is 473 cm³/mol. The Kier molecular flexibility index (Phi) is 38.2. The number of furan rings is 5. The molecule has 0 spiro atoms. The van der Waals surface area contributed by atoms with Gasteiger partial charge in [0, 0.05) is 57.5 Å². The van der Waals surface area contributed by atoms with Crippen molar-refractivity contribution >= 4 is 118 Å². The monoisotopic (exact) mass is 1740 g/mol. The molecule has 14 aromatic rings. The molecular weight excluding hydrogens is 1660 g/mol. The minimum Gasteiger partial charge on any atom is -0.478 e. The van der Waals surface area contributed by atoms with Crippen LogP contribution in [0.5, 0.6) is 0 Å². The van der Waals surface area contributed by atoms with Crippen molar-refractivity contribution in [2.24, 2.45) is 0 Å². The van der Waals surface area contributed by atoms with Gasteiger partial charge in [0.25, 0.3) is 11.8 Å². The lowest BCUT2D eigenvalue weighted by atomic mass is 10.1. The number of hydrogen-bond donors (Lipinski definition) is 5. The summed E-state index contributed by atoms with van der Waals surface area (Å²) in [6.45, 7) is 4.19. The minimum absolute atomic E-state index is 0.000706. The third-order valence-electron chi connectivity index (χ3n) is 16.6. The molecule has 0 aliphatic carbocycles. The first-order chi connectivity index (χ1) is 62.3. The number of benzene rings is 9. The van der Waals surface area contributed by atoms with Gasteiger partial charge in [0.15, 0.2) is 34.6 Å². The molecule has 29 heteroatoms. The van der Waals surface area contributed by atoms with E-state index in [0.29, 0.717) is 69.2 Å². The van der Waals surface area contributed by atoms with Crippen LogP contribution in [0.1, 0.15) is 169 Å². The number of ketones is 4. The number of carbonyl (C=O) groups excluding carboxylic acids is 12. The number of nitrogens with one attached hydrogen (secondary N) is 2. The number of anilines is 3. The van der Waals surface area contributed by atoms with Crippen molar-refractivity contribution in [1.82, 2.24) is 0 Å². The molecule has 0 aliphatic heterocycles. The van der Waals surface area contributed by atoms with Gasteiger partial charge < -0.3 is 72.4 Å². The highest BCUT2D eigenvalue weighted by molar-refractivity contribution is 6.11. The fourth-order valence-electron chi connectivity index (χ4n) is 10.5. The highest BCUT2D eigenvalue weighted by Crippen LogP contribution is 2.22. The van der Waals surface area contributed by atoms with Gasteiger partial charge in [-0.15, -0.1) is 0 Å². The third-order valence-corrected chi connectivity index (χ3v) is 16.6. The van der Waals surface area contributed by atoms with Crippen LogP contribution in [0.15, 0.2) is 362 Å². The molecule has 0 radical (unpaired) electrons. The molecule has 0 unspecified atom stereocenters. The maximum atomic E-state index is 12.4. The van der Waals surface area contributed by atoms with Gasteiger partial charge in [0.1, 0.15) is 0 Å². The number of methoxy groups -OCH3 is 2. The molecule has 9 aromatic carbocycles. The maximum absolute atomic E-state index is 12.4. The maximum Gasteiger partial charge on any atom is 0.373 e. The lowest BCUT2D eigenvalue weighted by molar-refractivity contribution is -0.138. The normalized spacial score (nSPS) is 10.2. The Hall–Kier alpha value is -18.0. The summed E-state index contributed by atoms with van der Waals surface area (Å²) in [5.74, 6) is -7.18. The van der Waals surface area contributed by atoms with E-state index >= 15 is 0 Å². The second kappa shape index (κ2) is 51.0. The fourth-order valence-corrected chi connectivity index (χ4v) is 10.5. The zero-order valence-corrected chi connectivity index (χ0v) is 69.2. The van der Waals surface area contributed by atoms with Crippen LogP contribution >= 0.6 is 0 Å². The van der Waals surface area contributed by atoms with E-state index in [9.17, 15) is 67.1 Å². The van der Waals surface area contributed by atoms with Gasteiger partial charge in [0.2, 0.25) is 40.4 Å². The molecule has 0 atom stereocenters. The molecular formula is C100H81N3O26. The highest BCUT2D eigenvalue weighted by Gasteiger charge is 2.22. The quantitative estimate of drug-likeness (QED) is 0.00886. The molecule has 0 aliphatic rings. The van der Waals surface area contributed by atoms with E-state index in [2.05, 4.69) is 20.1 Å². The largest absolute Gasteiger partial charge is 0.478 e. The Balaban J connectivity index is 0.000000191. The number of carboxylic acids is 2. The number of carbonyl (C=O) groups is 14. The topological polar surface area (TPSA) is 441 Å². The number of aromatic carboxylic acids is 1. The molecule has 29 nitrogen and oxygen atoms in total. The van der Waals surface area contributed by atoms with Crippen molar-refractivity contribution in [1.29, 1.82) is 0 Å². The van der Waals surface area contributed by atoms with Crippen LogP contribution in [0.3, 0.4) is 0 Å². The molecule has 6 N–H and O–H groups in total. The lowest BCUT2D eigenvalue weighted by Crippen LogP contribution is -2.12. The Bertz CT molecular complexity index is 6170. The second-order valence-electron chi connectivity index (χ2n) is 25.8. The lowest BCUT2D eigenvalue weighted by Gasteiger charge is -2.04. The number of nitrogen functional groups attached to an aromatic ring is 1. The van der Waals surface area contributed by atoms with Gasteiger partial charge in [-0.05, 0) is 170 Å². The van der Waals surface area contributed by atoms with Crippen LogP contribution < -0.4 is 16.4 Å². The van der Waals surface area contributed by atoms with Crippen LogP contribution in [0.2, 0.25) is 0 Å². The van der Waals surface area contributed by atoms with Crippen molar-refractivity contribution in [3.63, 3.8) is 0 Å². The number of aliphatic carboxylic acids is 1. The van der Waals surface area contributed by atoms with E-state index in [-0.39, 0.29) is 80.9 Å². The highest BCUT2D eigenvalue weighted by atomic mass is 16.6. The number of rotatable bonds is 25. The van der Waals surface area contributed by atoms with Gasteiger partial charge in [-0.25, -0.2) is 38.4 Å². The molecule has 0 fully saturated rings. The van der Waals surface area contributed by atoms with Gasteiger partial charge in [-0.1, -0.05) is 194 Å². The van der Waals surface area contributed by atoms with Crippen LogP contribution in [0.4, 0.5) is 17.1 Å². The summed E-state index contributed by atoms with van der Waals surface area (Å²) in [7, 11) is 2.56. The number of hydrogen-bond acceptors (Lipinski definition) is 25. The summed E-state index contributed by atoms with van der Waals surface area (Å²) < 4.78 is 48.7. The van der Waals surface area contributed by atoms with E-state index in [4.69, 9.17) is 52.2 Å². The standard InChI is InChI=1S/C23H19NO5.C21H15NO5.C14H10O3.C13H10O4.C12H8O4.C11H13NO2.C6H6O3/c1-2-28-21(25)14-11-16-7-6-10-18(15-16)24-23(27)20-13-12-19(29-20)22(26)17-8-4-3-5-9-17;23-19(24)12-9-14-5-4-8-16(13-14)22-21(26)18-11-10-17(27-18)20(25)15-6-2-1-3-7-15;15-13(11-7-3-1-4-8-11)17-14(16)12-9-5-2-6-10-12;1-16-13(15)11-8-7-10(17-11)12(14)9-5-3-2-4-6-9;13-11(8-4-2-1-3-5-8)9-6-7-10(16-9)12(14)15;1-2-14-11(13)7-6-9-4-3-5-10(12)8-9;1-8-6(7)5-3-2-4-9-5/h3-15H,2H2,1H3,(H,24,27);1-13H,(H,22,26)(H,23,24);1-10H;2-8H,1H3;1-7H,(H,14,15);3-8H,2,12H2,1H3;2-4H,1H3/b14-11+;12-9+;;;;7-6+;. The van der Waals surface area contributed by atoms with Crippen molar-refractivity contribution < 1.29 is 123 Å². The zero-order valence-electron chi connectivity index (χ0n) is 69.2. The Labute approximate surface area is 736 Å². The molecule has 2 amide bonds. The van der Waals surface area contributed by atoms with Crippen molar-refractivity contribution in [2.45, 2.75) is 13.8 Å². The summed E-state index contributed by atoms with van der Waals surface area (Å²) in [6, 6.07) is 86.8. The van der Waals surface area contributed by atoms with Crippen molar-refractivity contribution in [3.05, 3.63) is 442 Å². The van der Waals surface area contributed by atoms with Crippen LogP contribution in [-0.2, 0) is 38.1 Å². The second-order valence-corrected chi connectivity index (χ2v) is 25.8. The van der Waals surface area contributed by atoms with E-state index < -0.39 is 53.6 Å². The zero-order chi connectivity index (χ0) is 92.8. The molecule has 5 heterocycles. The minimum atomic E-state index is -1.19. The average molecular weight is 1740 g/mol. The average Bonchev–Trinajstić information content (AvgIpc) is 1.71. The van der Waals surface area contributed by atoms with Crippen LogP contribution in [0.25, 0.3) is 18.2 Å². The molecule has 0 saturated carbocycles. The van der Waals surface area contributed by atoms with E-state index in [1.807, 2.05) is 24.3 Å². The molecule has 652 valence electrons. The van der Waals surface area contributed by atoms with Crippen LogP contribution in [-0.4, -0.2) is 120 Å². The number of esters is 6. The van der Waals surface area contributed by atoms with Crippen LogP contribution in [0, 0.1) is 0 Å². The summed E-state index contributed by atoms with van der Waals surface area (Å²) in [5, 5.41) is 22.7. The van der Waals surface area contributed by atoms with Gasteiger partial charge in [-0.2, -0.15) is 0 Å². The first kappa shape index (κ1) is 96.4. The summed E-state index contributed by atoms with van der Waals surface area (Å²) in [5.41, 5.74) is 12.1. The molecule has 129 heavy (non-hydrogen) atoms. The van der Waals surface area contributed by atoms with E-state index in [1.165, 1.54) is 87.2 Å². The van der Waals surface area contributed by atoms with Gasteiger partial charge in [-0.3, -0.25) is 28.8 Å². The Morgan fingerprint density at radius 2 is 0.628 bits per heavy atom. The molecule has 5 aromatic heterocycles. The number of nitrogens with two attached hydrogens (primary N) is 1. The smallest absolute Gasteiger partial charge is 0.373 e. The molecule has 14 rings (SSSR count). The number of carboxylic acid groups (broad SMARTS) is 2. The third kappa shape index (κ3) is 32.1.